The first-order valence-electron chi connectivity index (χ1n) is 11.3. The van der Waals surface area contributed by atoms with Crippen LogP contribution in [-0.2, 0) is 16.6 Å². The van der Waals surface area contributed by atoms with Gasteiger partial charge in [0.1, 0.15) is 29.1 Å². The number of hydrogen-bond donors (Lipinski definition) is 1. The number of rotatable bonds is 6. The zero-order chi connectivity index (χ0) is 26.4. The summed E-state index contributed by atoms with van der Waals surface area (Å²) in [7, 11) is -0.555. The highest BCUT2D eigenvalue weighted by Crippen LogP contribution is 2.44. The second-order valence-corrected chi connectivity index (χ2v) is 11.4. The van der Waals surface area contributed by atoms with Crippen molar-refractivity contribution in [3.8, 4) is 5.75 Å². The van der Waals surface area contributed by atoms with Gasteiger partial charge in [-0.1, -0.05) is 24.6 Å². The molecule has 4 rings (SSSR count). The van der Waals surface area contributed by atoms with E-state index in [-0.39, 0.29) is 29.7 Å². The standard InChI is InChI=1S/C24H28ClFN4O5S/c1-13-6-8-18(26)20(14(13)2)15(3)21(23-27-28-24(31)35-23)30-10-11-34-22-16(12-29(4)5)17(25)7-9-19(22)36(30,32)33/h6-9,15,21H,10-12H2,1-5H3,(H,28,31)/t15-,21+/m1/s1. The fourth-order valence-electron chi connectivity index (χ4n) is 4.66. The number of fused-ring (bicyclic) bond motifs is 1. The molecule has 0 fully saturated rings. The van der Waals surface area contributed by atoms with Crippen LogP contribution in [0, 0.1) is 19.7 Å². The van der Waals surface area contributed by atoms with Crippen molar-refractivity contribution in [3.63, 3.8) is 0 Å². The molecule has 1 N–H and O–H groups in total. The normalized spacial score (nSPS) is 17.3. The third kappa shape index (κ3) is 4.68. The monoisotopic (exact) mass is 538 g/mol. The van der Waals surface area contributed by atoms with E-state index in [0.29, 0.717) is 28.3 Å². The molecule has 0 amide bonds. The molecular formula is C24H28ClFN4O5S. The number of aromatic amines is 1. The van der Waals surface area contributed by atoms with E-state index < -0.39 is 33.6 Å². The van der Waals surface area contributed by atoms with Gasteiger partial charge in [-0.15, -0.1) is 5.10 Å². The van der Waals surface area contributed by atoms with Gasteiger partial charge in [0.2, 0.25) is 15.9 Å². The first kappa shape index (κ1) is 26.3. The summed E-state index contributed by atoms with van der Waals surface area (Å²) in [5.74, 6) is -2.08. The van der Waals surface area contributed by atoms with E-state index in [1.165, 1.54) is 18.2 Å². The Balaban J connectivity index is 1.91. The molecule has 2 heterocycles. The SMILES string of the molecule is Cc1ccc(F)c([C@@H](C)[C@@H](c2n[nH]c(=O)o2)N2CCOc3c(ccc(Cl)c3CN(C)C)S2(=O)=O)c1C. The Bertz CT molecular complexity index is 1450. The Morgan fingerprint density at radius 3 is 2.61 bits per heavy atom. The van der Waals surface area contributed by atoms with Gasteiger partial charge in [0.15, 0.2) is 0 Å². The Labute approximate surface area is 213 Å². The summed E-state index contributed by atoms with van der Waals surface area (Å²) in [4.78, 5) is 13.6. The molecule has 1 aliphatic heterocycles. The highest BCUT2D eigenvalue weighted by molar-refractivity contribution is 7.89. The van der Waals surface area contributed by atoms with Crippen molar-refractivity contribution in [1.82, 2.24) is 19.4 Å². The van der Waals surface area contributed by atoms with Gasteiger partial charge in [-0.05, 0) is 62.8 Å². The van der Waals surface area contributed by atoms with Crippen molar-refractivity contribution < 1.29 is 22.0 Å². The maximum atomic E-state index is 15.1. The minimum atomic E-state index is -4.23. The largest absolute Gasteiger partial charge is 0.490 e. The lowest BCUT2D eigenvalue weighted by Crippen LogP contribution is -2.39. The molecule has 2 aromatic carbocycles. The average molecular weight is 539 g/mol. The van der Waals surface area contributed by atoms with Crippen LogP contribution in [0.4, 0.5) is 4.39 Å². The van der Waals surface area contributed by atoms with E-state index >= 15 is 4.39 Å². The van der Waals surface area contributed by atoms with Crippen LogP contribution < -0.4 is 10.5 Å². The van der Waals surface area contributed by atoms with Crippen LogP contribution in [0.15, 0.2) is 38.4 Å². The van der Waals surface area contributed by atoms with E-state index in [4.69, 9.17) is 20.8 Å². The fraction of sp³-hybridized carbons (Fsp3) is 0.417. The zero-order valence-corrected chi connectivity index (χ0v) is 22.2. The van der Waals surface area contributed by atoms with Crippen LogP contribution in [0.25, 0.3) is 0 Å². The van der Waals surface area contributed by atoms with E-state index in [9.17, 15) is 13.2 Å². The molecule has 0 bridgehead atoms. The van der Waals surface area contributed by atoms with E-state index in [0.717, 1.165) is 9.87 Å². The Morgan fingerprint density at radius 1 is 1.25 bits per heavy atom. The maximum Gasteiger partial charge on any atom is 0.434 e. The number of halogens is 2. The van der Waals surface area contributed by atoms with Crippen molar-refractivity contribution in [2.45, 2.75) is 44.2 Å². The molecule has 0 spiro atoms. The predicted molar refractivity (Wildman–Crippen MR) is 132 cm³/mol. The lowest BCUT2D eigenvalue weighted by Gasteiger charge is -2.32. The molecule has 36 heavy (non-hydrogen) atoms. The van der Waals surface area contributed by atoms with Crippen LogP contribution in [-0.4, -0.2) is 55.1 Å². The second-order valence-electron chi connectivity index (χ2n) is 9.14. The molecular weight excluding hydrogens is 511 g/mol. The Morgan fingerprint density at radius 2 is 1.97 bits per heavy atom. The van der Waals surface area contributed by atoms with Crippen LogP contribution >= 0.6 is 11.6 Å². The van der Waals surface area contributed by atoms with Crippen LogP contribution in [0.5, 0.6) is 5.75 Å². The molecule has 0 aliphatic carbocycles. The molecule has 0 saturated heterocycles. The van der Waals surface area contributed by atoms with Crippen LogP contribution in [0.3, 0.4) is 0 Å². The molecule has 12 heteroatoms. The van der Waals surface area contributed by atoms with Gasteiger partial charge in [0.05, 0.1) is 0 Å². The number of hydrogen-bond acceptors (Lipinski definition) is 7. The maximum absolute atomic E-state index is 15.1. The molecule has 0 saturated carbocycles. The van der Waals surface area contributed by atoms with E-state index in [1.807, 2.05) is 25.9 Å². The third-order valence-electron chi connectivity index (χ3n) is 6.47. The zero-order valence-electron chi connectivity index (χ0n) is 20.6. The predicted octanol–water partition coefficient (Wildman–Crippen LogP) is 3.76. The number of sulfonamides is 1. The third-order valence-corrected chi connectivity index (χ3v) is 8.72. The molecule has 0 radical (unpaired) electrons. The molecule has 0 unspecified atom stereocenters. The summed E-state index contributed by atoms with van der Waals surface area (Å²) >= 11 is 6.41. The number of H-pyrrole nitrogens is 1. The lowest BCUT2D eigenvalue weighted by molar-refractivity contribution is 0.208. The summed E-state index contributed by atoms with van der Waals surface area (Å²) in [5, 5.41) is 6.52. The molecule has 1 aromatic heterocycles. The average Bonchev–Trinajstić information content (AvgIpc) is 3.17. The van der Waals surface area contributed by atoms with Crippen LogP contribution in [0.1, 0.15) is 47.0 Å². The number of nitrogens with zero attached hydrogens (tertiary/aromatic N) is 3. The highest BCUT2D eigenvalue weighted by atomic mass is 35.5. The topological polar surface area (TPSA) is 109 Å². The quantitative estimate of drug-likeness (QED) is 0.509. The minimum absolute atomic E-state index is 0.000156. The summed E-state index contributed by atoms with van der Waals surface area (Å²) < 4.78 is 55.7. The van der Waals surface area contributed by atoms with Crippen molar-refractivity contribution in [3.05, 3.63) is 73.8 Å². The summed E-state index contributed by atoms with van der Waals surface area (Å²) in [5.41, 5.74) is 2.38. The van der Waals surface area contributed by atoms with Gasteiger partial charge in [-0.3, -0.25) is 0 Å². The van der Waals surface area contributed by atoms with Gasteiger partial charge in [0.25, 0.3) is 0 Å². The van der Waals surface area contributed by atoms with Gasteiger partial charge in [-0.2, -0.15) is 4.31 Å². The number of nitrogens with one attached hydrogen (secondary N) is 1. The van der Waals surface area contributed by atoms with Crippen molar-refractivity contribution >= 4 is 21.6 Å². The lowest BCUT2D eigenvalue weighted by atomic mass is 9.87. The number of ether oxygens (including phenoxy) is 1. The van der Waals surface area contributed by atoms with Gasteiger partial charge in [0, 0.05) is 29.6 Å². The first-order valence-corrected chi connectivity index (χ1v) is 13.2. The first-order chi connectivity index (χ1) is 16.9. The summed E-state index contributed by atoms with van der Waals surface area (Å²) in [6.07, 6.45) is 0. The van der Waals surface area contributed by atoms with Crippen LogP contribution in [0.2, 0.25) is 5.02 Å². The van der Waals surface area contributed by atoms with Crippen molar-refractivity contribution in [2.75, 3.05) is 27.2 Å². The number of aromatic nitrogens is 2. The van der Waals surface area contributed by atoms with Gasteiger partial charge in [-0.25, -0.2) is 22.7 Å². The van der Waals surface area contributed by atoms with Crippen molar-refractivity contribution in [2.24, 2.45) is 0 Å². The number of aryl methyl sites for hydroxylation is 1. The second kappa shape index (κ2) is 9.97. The number of benzene rings is 2. The Kier molecular flexibility index (Phi) is 7.29. The molecule has 3 aromatic rings. The summed E-state index contributed by atoms with van der Waals surface area (Å²) in [6, 6.07) is 4.78. The Hall–Kier alpha value is -2.73. The smallest absolute Gasteiger partial charge is 0.434 e. The molecule has 9 nitrogen and oxygen atoms in total. The van der Waals surface area contributed by atoms with Crippen molar-refractivity contribution in [1.29, 1.82) is 0 Å². The van der Waals surface area contributed by atoms with Gasteiger partial charge >= 0.3 is 5.76 Å². The fourth-order valence-corrected chi connectivity index (χ4v) is 6.66. The molecule has 2 atom stereocenters. The molecule has 194 valence electrons. The minimum Gasteiger partial charge on any atom is -0.490 e. The van der Waals surface area contributed by atoms with E-state index in [2.05, 4.69) is 10.2 Å². The molecule has 1 aliphatic rings. The van der Waals surface area contributed by atoms with Gasteiger partial charge < -0.3 is 14.1 Å². The van der Waals surface area contributed by atoms with E-state index in [1.54, 1.807) is 19.9 Å². The summed E-state index contributed by atoms with van der Waals surface area (Å²) in [6.45, 7) is 5.57. The highest BCUT2D eigenvalue weighted by Gasteiger charge is 2.43.